The fraction of sp³-hybridized carbons (Fsp3) is 0.286. The summed E-state index contributed by atoms with van der Waals surface area (Å²) in [6, 6.07) is 12.0. The van der Waals surface area contributed by atoms with E-state index in [-0.39, 0.29) is 11.4 Å². The standard InChI is InChI=1S/C21H25NO3S/c1-3-4-5-6-15-7-10-17(11-8-15)26-18-13-16(9-12-20(23)25-2)21(24)19(22)14-18/h7-14,24H,3-6,22H2,1-2H3/b12-9+. The first-order valence-corrected chi connectivity index (χ1v) is 9.50. The molecule has 2 aromatic rings. The SMILES string of the molecule is CCCCCc1ccc(Sc2cc(N)c(O)c(/C=C/C(=O)OC)c2)cc1. The molecule has 0 atom stereocenters. The Labute approximate surface area is 159 Å². The fourth-order valence-electron chi connectivity index (χ4n) is 2.50. The number of esters is 1. The number of unbranched alkanes of at least 4 members (excludes halogenated alkanes) is 2. The first-order chi connectivity index (χ1) is 12.5. The Balaban J connectivity index is 2.12. The zero-order chi connectivity index (χ0) is 18.9. The number of nitrogens with two attached hydrogens (primary N) is 1. The van der Waals surface area contributed by atoms with E-state index in [2.05, 4.69) is 35.9 Å². The number of phenolic OH excluding ortho intramolecular Hbond substituents is 1. The van der Waals surface area contributed by atoms with Gasteiger partial charge in [0, 0.05) is 21.4 Å². The molecule has 0 saturated heterocycles. The summed E-state index contributed by atoms with van der Waals surface area (Å²) in [7, 11) is 1.30. The van der Waals surface area contributed by atoms with Gasteiger partial charge in [-0.3, -0.25) is 0 Å². The molecular formula is C21H25NO3S. The second kappa shape index (κ2) is 9.92. The van der Waals surface area contributed by atoms with Crippen molar-refractivity contribution in [3.8, 4) is 5.75 Å². The molecule has 138 valence electrons. The molecule has 0 unspecified atom stereocenters. The number of aryl methyl sites for hydroxylation is 1. The highest BCUT2D eigenvalue weighted by molar-refractivity contribution is 7.99. The number of aromatic hydroxyl groups is 1. The number of ether oxygens (including phenoxy) is 1. The van der Waals surface area contributed by atoms with Gasteiger partial charge in [-0.2, -0.15) is 0 Å². The Kier molecular flexibility index (Phi) is 7.60. The monoisotopic (exact) mass is 371 g/mol. The molecule has 0 aliphatic rings. The highest BCUT2D eigenvalue weighted by Crippen LogP contribution is 2.35. The van der Waals surface area contributed by atoms with Gasteiger partial charge >= 0.3 is 5.97 Å². The van der Waals surface area contributed by atoms with Gasteiger partial charge in [0.2, 0.25) is 0 Å². The Hall–Kier alpha value is -2.40. The van der Waals surface area contributed by atoms with Crippen LogP contribution in [0.15, 0.2) is 52.3 Å². The van der Waals surface area contributed by atoms with Gasteiger partial charge in [-0.05, 0) is 48.7 Å². The maximum Gasteiger partial charge on any atom is 0.330 e. The topological polar surface area (TPSA) is 72.5 Å². The molecule has 0 spiro atoms. The summed E-state index contributed by atoms with van der Waals surface area (Å²) in [6.07, 6.45) is 7.56. The van der Waals surface area contributed by atoms with E-state index < -0.39 is 5.97 Å². The van der Waals surface area contributed by atoms with Crippen LogP contribution in [0.2, 0.25) is 0 Å². The lowest BCUT2D eigenvalue weighted by Gasteiger charge is -2.09. The molecule has 0 heterocycles. The second-order valence-electron chi connectivity index (χ2n) is 6.01. The molecule has 2 rings (SSSR count). The number of methoxy groups -OCH3 is 1. The highest BCUT2D eigenvalue weighted by Gasteiger charge is 2.08. The van der Waals surface area contributed by atoms with Crippen LogP contribution < -0.4 is 5.73 Å². The van der Waals surface area contributed by atoms with Crippen molar-refractivity contribution in [3.63, 3.8) is 0 Å². The number of hydrogen-bond acceptors (Lipinski definition) is 5. The Morgan fingerprint density at radius 1 is 1.19 bits per heavy atom. The van der Waals surface area contributed by atoms with Crippen LogP contribution in [-0.2, 0) is 16.0 Å². The van der Waals surface area contributed by atoms with E-state index in [0.29, 0.717) is 5.56 Å². The van der Waals surface area contributed by atoms with Crippen LogP contribution in [0.5, 0.6) is 5.75 Å². The number of carbonyl (C=O) groups is 1. The Morgan fingerprint density at radius 2 is 1.92 bits per heavy atom. The number of phenols is 1. The quantitative estimate of drug-likeness (QED) is 0.223. The van der Waals surface area contributed by atoms with Crippen LogP contribution in [0, 0.1) is 0 Å². The van der Waals surface area contributed by atoms with E-state index in [9.17, 15) is 9.90 Å². The molecule has 2 aromatic carbocycles. The Morgan fingerprint density at radius 3 is 2.58 bits per heavy atom. The molecule has 0 bridgehead atoms. The number of carbonyl (C=O) groups excluding carboxylic acids is 1. The normalized spacial score (nSPS) is 11.0. The molecule has 26 heavy (non-hydrogen) atoms. The van der Waals surface area contributed by atoms with Crippen molar-refractivity contribution >= 4 is 29.5 Å². The van der Waals surface area contributed by atoms with Crippen LogP contribution in [0.25, 0.3) is 6.08 Å². The maximum absolute atomic E-state index is 11.3. The van der Waals surface area contributed by atoms with Gasteiger partial charge in [0.25, 0.3) is 0 Å². The van der Waals surface area contributed by atoms with Crippen molar-refractivity contribution in [2.24, 2.45) is 0 Å². The number of hydrogen-bond donors (Lipinski definition) is 2. The van der Waals surface area contributed by atoms with Crippen molar-refractivity contribution in [2.45, 2.75) is 42.4 Å². The van der Waals surface area contributed by atoms with E-state index >= 15 is 0 Å². The molecular weight excluding hydrogens is 346 g/mol. The summed E-state index contributed by atoms with van der Waals surface area (Å²) in [5.41, 5.74) is 7.99. The van der Waals surface area contributed by atoms with Crippen molar-refractivity contribution in [1.29, 1.82) is 0 Å². The van der Waals surface area contributed by atoms with Crippen LogP contribution >= 0.6 is 11.8 Å². The first-order valence-electron chi connectivity index (χ1n) is 8.68. The maximum atomic E-state index is 11.3. The van der Waals surface area contributed by atoms with Crippen LogP contribution in [-0.4, -0.2) is 18.2 Å². The van der Waals surface area contributed by atoms with Crippen LogP contribution in [0.1, 0.15) is 37.3 Å². The van der Waals surface area contributed by atoms with Gasteiger partial charge in [0.15, 0.2) is 0 Å². The zero-order valence-corrected chi connectivity index (χ0v) is 16.0. The number of benzene rings is 2. The summed E-state index contributed by atoms with van der Waals surface area (Å²) in [4.78, 5) is 13.2. The third kappa shape index (κ3) is 5.85. The van der Waals surface area contributed by atoms with E-state index in [1.807, 2.05) is 0 Å². The van der Waals surface area contributed by atoms with Gasteiger partial charge in [0.1, 0.15) is 5.75 Å². The number of anilines is 1. The summed E-state index contributed by atoms with van der Waals surface area (Å²) in [5.74, 6) is -0.527. The third-order valence-corrected chi connectivity index (χ3v) is 4.95. The lowest BCUT2D eigenvalue weighted by atomic mass is 10.1. The summed E-state index contributed by atoms with van der Waals surface area (Å²) >= 11 is 1.56. The smallest absolute Gasteiger partial charge is 0.330 e. The minimum absolute atomic E-state index is 0.0409. The van der Waals surface area contributed by atoms with Gasteiger partial charge in [-0.1, -0.05) is 43.7 Å². The minimum Gasteiger partial charge on any atom is -0.505 e. The van der Waals surface area contributed by atoms with Gasteiger partial charge < -0.3 is 15.6 Å². The van der Waals surface area contributed by atoms with Crippen molar-refractivity contribution in [3.05, 3.63) is 53.6 Å². The highest BCUT2D eigenvalue weighted by atomic mass is 32.2. The molecule has 0 aliphatic heterocycles. The van der Waals surface area contributed by atoms with Gasteiger partial charge in [-0.15, -0.1) is 0 Å². The molecule has 4 nitrogen and oxygen atoms in total. The van der Waals surface area contributed by atoms with E-state index in [4.69, 9.17) is 5.73 Å². The van der Waals surface area contributed by atoms with Crippen LogP contribution in [0.4, 0.5) is 5.69 Å². The molecule has 0 saturated carbocycles. The molecule has 5 heteroatoms. The average Bonchev–Trinajstić information content (AvgIpc) is 2.64. The summed E-state index contributed by atoms with van der Waals surface area (Å²) < 4.78 is 4.57. The lowest BCUT2D eigenvalue weighted by Crippen LogP contribution is -1.94. The zero-order valence-electron chi connectivity index (χ0n) is 15.2. The number of rotatable bonds is 8. The molecule has 0 fully saturated rings. The Bertz CT molecular complexity index is 770. The predicted octanol–water partition coefficient (Wildman–Crippen LogP) is 5.04. The lowest BCUT2D eigenvalue weighted by molar-refractivity contribution is -0.134. The minimum atomic E-state index is -0.486. The first kappa shape index (κ1) is 19.9. The van der Waals surface area contributed by atoms with Crippen molar-refractivity contribution in [2.75, 3.05) is 12.8 Å². The molecule has 0 amide bonds. The van der Waals surface area contributed by atoms with Crippen molar-refractivity contribution in [1.82, 2.24) is 0 Å². The van der Waals surface area contributed by atoms with Gasteiger partial charge in [0.05, 0.1) is 12.8 Å². The molecule has 0 aromatic heterocycles. The number of nitrogen functional groups attached to an aromatic ring is 1. The molecule has 0 radical (unpaired) electrons. The van der Waals surface area contributed by atoms with E-state index in [1.54, 1.807) is 23.9 Å². The summed E-state index contributed by atoms with van der Waals surface area (Å²) in [6.45, 7) is 2.21. The third-order valence-electron chi connectivity index (χ3n) is 3.97. The van der Waals surface area contributed by atoms with E-state index in [0.717, 1.165) is 16.2 Å². The fourth-order valence-corrected chi connectivity index (χ4v) is 3.42. The molecule has 0 aliphatic carbocycles. The largest absolute Gasteiger partial charge is 0.505 e. The average molecular weight is 372 g/mol. The second-order valence-corrected chi connectivity index (χ2v) is 7.16. The van der Waals surface area contributed by atoms with E-state index in [1.165, 1.54) is 44.1 Å². The van der Waals surface area contributed by atoms with Crippen molar-refractivity contribution < 1.29 is 14.6 Å². The predicted molar refractivity (Wildman–Crippen MR) is 107 cm³/mol. The summed E-state index contributed by atoms with van der Waals surface area (Å²) in [5, 5.41) is 10.1. The van der Waals surface area contributed by atoms with Gasteiger partial charge in [-0.25, -0.2) is 4.79 Å². The molecule has 3 N–H and O–H groups in total. The van der Waals surface area contributed by atoms with Crippen LogP contribution in [0.3, 0.4) is 0 Å².